The maximum absolute atomic E-state index is 12.5. The van der Waals surface area contributed by atoms with Crippen LogP contribution in [0.15, 0.2) is 18.2 Å². The second-order valence-corrected chi connectivity index (χ2v) is 5.20. The third-order valence-corrected chi connectivity index (χ3v) is 3.87. The third kappa shape index (κ3) is 2.58. The molecule has 2 aliphatic heterocycles. The molecule has 20 heavy (non-hydrogen) atoms. The van der Waals surface area contributed by atoms with Crippen LogP contribution in [-0.4, -0.2) is 50.2 Å². The van der Waals surface area contributed by atoms with Crippen LogP contribution in [-0.2, 0) is 4.79 Å². The minimum atomic E-state index is -0.149. The Balaban J connectivity index is 1.75. The van der Waals surface area contributed by atoms with Gasteiger partial charge in [0.25, 0.3) is 0 Å². The Labute approximate surface area is 118 Å². The molecular weight excluding hydrogens is 256 g/mol. The Kier molecular flexibility index (Phi) is 3.78. The molecule has 1 N–H and O–H groups in total. The van der Waals surface area contributed by atoms with Gasteiger partial charge in [-0.2, -0.15) is 0 Å². The van der Waals surface area contributed by atoms with Gasteiger partial charge in [-0.15, -0.1) is 0 Å². The maximum Gasteiger partial charge on any atom is 0.229 e. The topological polar surface area (TPSA) is 50.8 Å². The van der Waals surface area contributed by atoms with Crippen molar-refractivity contribution in [2.24, 2.45) is 0 Å². The SMILES string of the molecule is CC(C(=O)N1CCNCC1)c1ccc2c(c1)OCCO2. The minimum absolute atomic E-state index is 0.149. The number of carbonyl (C=O) groups is 1. The Hall–Kier alpha value is -1.75. The lowest BCUT2D eigenvalue weighted by Gasteiger charge is -2.30. The standard InChI is InChI=1S/C15H20N2O3/c1-11(15(18)17-6-4-16-5-7-17)12-2-3-13-14(10-12)20-9-8-19-13/h2-3,10-11,16H,4-9H2,1H3. The summed E-state index contributed by atoms with van der Waals surface area (Å²) in [6.07, 6.45) is 0. The number of piperazine rings is 1. The van der Waals surface area contributed by atoms with E-state index in [-0.39, 0.29) is 11.8 Å². The number of hydrogen-bond acceptors (Lipinski definition) is 4. The van der Waals surface area contributed by atoms with Crippen molar-refractivity contribution >= 4 is 5.91 Å². The van der Waals surface area contributed by atoms with Crippen molar-refractivity contribution in [1.29, 1.82) is 0 Å². The van der Waals surface area contributed by atoms with E-state index >= 15 is 0 Å². The zero-order valence-electron chi connectivity index (χ0n) is 11.7. The molecule has 1 unspecified atom stereocenters. The summed E-state index contributed by atoms with van der Waals surface area (Å²) >= 11 is 0. The molecule has 2 heterocycles. The van der Waals surface area contributed by atoms with Crippen LogP contribution in [0.3, 0.4) is 0 Å². The van der Waals surface area contributed by atoms with Gasteiger partial charge in [0.05, 0.1) is 5.92 Å². The smallest absolute Gasteiger partial charge is 0.229 e. The van der Waals surface area contributed by atoms with Crippen molar-refractivity contribution in [3.05, 3.63) is 23.8 Å². The highest BCUT2D eigenvalue weighted by Gasteiger charge is 2.24. The lowest BCUT2D eigenvalue weighted by molar-refractivity contribution is -0.133. The number of nitrogens with zero attached hydrogens (tertiary/aromatic N) is 1. The molecule has 1 aromatic rings. The fourth-order valence-corrected chi connectivity index (χ4v) is 2.63. The molecule has 5 heteroatoms. The first-order chi connectivity index (χ1) is 9.75. The van der Waals surface area contributed by atoms with Crippen molar-refractivity contribution in [3.63, 3.8) is 0 Å². The predicted octanol–water partition coefficient (Wildman–Crippen LogP) is 0.993. The zero-order valence-corrected chi connectivity index (χ0v) is 11.7. The molecule has 2 aliphatic rings. The molecule has 0 radical (unpaired) electrons. The van der Waals surface area contributed by atoms with Crippen LogP contribution in [0.4, 0.5) is 0 Å². The van der Waals surface area contributed by atoms with Gasteiger partial charge in [0, 0.05) is 26.2 Å². The lowest BCUT2D eigenvalue weighted by Crippen LogP contribution is -2.47. The molecule has 108 valence electrons. The molecule has 0 saturated carbocycles. The second-order valence-electron chi connectivity index (χ2n) is 5.20. The zero-order chi connectivity index (χ0) is 13.9. The molecule has 1 aromatic carbocycles. The fourth-order valence-electron chi connectivity index (χ4n) is 2.63. The normalized spacial score (nSPS) is 19.6. The van der Waals surface area contributed by atoms with Gasteiger partial charge >= 0.3 is 0 Å². The molecule has 3 rings (SSSR count). The lowest BCUT2D eigenvalue weighted by atomic mass is 9.98. The summed E-state index contributed by atoms with van der Waals surface area (Å²) in [6, 6.07) is 5.78. The molecule has 0 spiro atoms. The quantitative estimate of drug-likeness (QED) is 0.875. The van der Waals surface area contributed by atoms with Gasteiger partial charge in [-0.25, -0.2) is 0 Å². The molecular formula is C15H20N2O3. The highest BCUT2D eigenvalue weighted by atomic mass is 16.6. The van der Waals surface area contributed by atoms with E-state index in [1.807, 2.05) is 30.0 Å². The summed E-state index contributed by atoms with van der Waals surface area (Å²) in [5.41, 5.74) is 0.984. The Morgan fingerprint density at radius 2 is 1.90 bits per heavy atom. The van der Waals surface area contributed by atoms with Crippen molar-refractivity contribution < 1.29 is 14.3 Å². The summed E-state index contributed by atoms with van der Waals surface area (Å²) in [5, 5.41) is 3.26. The van der Waals surface area contributed by atoms with E-state index in [0.29, 0.717) is 13.2 Å². The van der Waals surface area contributed by atoms with E-state index in [9.17, 15) is 4.79 Å². The molecule has 0 aliphatic carbocycles. The maximum atomic E-state index is 12.5. The monoisotopic (exact) mass is 276 g/mol. The molecule has 1 fully saturated rings. The molecule has 5 nitrogen and oxygen atoms in total. The second kappa shape index (κ2) is 5.71. The predicted molar refractivity (Wildman–Crippen MR) is 75.3 cm³/mol. The largest absolute Gasteiger partial charge is 0.486 e. The van der Waals surface area contributed by atoms with Crippen molar-refractivity contribution in [3.8, 4) is 11.5 Å². The van der Waals surface area contributed by atoms with E-state index < -0.39 is 0 Å². The Morgan fingerprint density at radius 1 is 1.20 bits per heavy atom. The first-order valence-electron chi connectivity index (χ1n) is 7.15. The van der Waals surface area contributed by atoms with Crippen LogP contribution in [0.5, 0.6) is 11.5 Å². The van der Waals surface area contributed by atoms with Crippen molar-refractivity contribution in [2.75, 3.05) is 39.4 Å². The molecule has 1 saturated heterocycles. The van der Waals surface area contributed by atoms with E-state index in [1.54, 1.807) is 0 Å². The van der Waals surface area contributed by atoms with Crippen LogP contribution in [0.25, 0.3) is 0 Å². The highest BCUT2D eigenvalue weighted by molar-refractivity contribution is 5.83. The molecule has 0 aromatic heterocycles. The number of nitrogens with one attached hydrogen (secondary N) is 1. The summed E-state index contributed by atoms with van der Waals surface area (Å²) in [7, 11) is 0. The summed E-state index contributed by atoms with van der Waals surface area (Å²) in [4.78, 5) is 14.4. The van der Waals surface area contributed by atoms with Gasteiger partial charge < -0.3 is 19.7 Å². The van der Waals surface area contributed by atoms with Gasteiger partial charge in [-0.05, 0) is 24.6 Å². The molecule has 1 atom stereocenters. The number of benzene rings is 1. The summed E-state index contributed by atoms with van der Waals surface area (Å²) < 4.78 is 11.1. The number of hydrogen-bond donors (Lipinski definition) is 1. The molecule has 1 amide bonds. The van der Waals surface area contributed by atoms with Crippen LogP contribution >= 0.6 is 0 Å². The fraction of sp³-hybridized carbons (Fsp3) is 0.533. The van der Waals surface area contributed by atoms with E-state index in [1.165, 1.54) is 0 Å². The van der Waals surface area contributed by atoms with E-state index in [0.717, 1.165) is 43.2 Å². The van der Waals surface area contributed by atoms with Crippen LogP contribution in [0.1, 0.15) is 18.4 Å². The number of amides is 1. The van der Waals surface area contributed by atoms with Gasteiger partial charge in [0.1, 0.15) is 13.2 Å². The first-order valence-corrected chi connectivity index (χ1v) is 7.15. The van der Waals surface area contributed by atoms with Gasteiger partial charge in [-0.3, -0.25) is 4.79 Å². The highest BCUT2D eigenvalue weighted by Crippen LogP contribution is 2.33. The number of rotatable bonds is 2. The number of ether oxygens (including phenoxy) is 2. The average Bonchev–Trinajstić information content (AvgIpc) is 2.54. The van der Waals surface area contributed by atoms with Gasteiger partial charge in [0.15, 0.2) is 11.5 Å². The molecule has 0 bridgehead atoms. The Bertz CT molecular complexity index is 498. The summed E-state index contributed by atoms with van der Waals surface area (Å²) in [5.74, 6) is 1.54. The minimum Gasteiger partial charge on any atom is -0.486 e. The summed E-state index contributed by atoms with van der Waals surface area (Å²) in [6.45, 7) is 6.43. The number of fused-ring (bicyclic) bond motifs is 1. The van der Waals surface area contributed by atoms with Crippen LogP contribution in [0, 0.1) is 0 Å². The van der Waals surface area contributed by atoms with E-state index in [4.69, 9.17) is 9.47 Å². The van der Waals surface area contributed by atoms with Crippen molar-refractivity contribution in [2.45, 2.75) is 12.8 Å². The average molecular weight is 276 g/mol. The van der Waals surface area contributed by atoms with Crippen LogP contribution < -0.4 is 14.8 Å². The first kappa shape index (κ1) is 13.2. The number of carbonyl (C=O) groups excluding carboxylic acids is 1. The van der Waals surface area contributed by atoms with Crippen molar-refractivity contribution in [1.82, 2.24) is 10.2 Å². The van der Waals surface area contributed by atoms with E-state index in [2.05, 4.69) is 5.32 Å². The van der Waals surface area contributed by atoms with Gasteiger partial charge in [0.2, 0.25) is 5.91 Å². The third-order valence-electron chi connectivity index (χ3n) is 3.87. The Morgan fingerprint density at radius 3 is 2.65 bits per heavy atom. The van der Waals surface area contributed by atoms with Gasteiger partial charge in [-0.1, -0.05) is 6.07 Å². The van der Waals surface area contributed by atoms with Crippen LogP contribution in [0.2, 0.25) is 0 Å².